The Bertz CT molecular complexity index is 1270. The average Bonchev–Trinajstić information content (AvgIpc) is 2.71. The molecule has 3 aromatic rings. The number of sulfonamides is 1. The van der Waals surface area contributed by atoms with Gasteiger partial charge >= 0.3 is 0 Å². The molecule has 6 N–H and O–H groups in total. The predicted molar refractivity (Wildman–Crippen MR) is 119 cm³/mol. The van der Waals surface area contributed by atoms with Gasteiger partial charge in [0.05, 0.1) is 16.3 Å². The SMILES string of the molecule is Cc1ccc(S(=O)(=O)O)cc1.NC(N)=NCCNS(=O)(=O)c1cccc2cnccc12. The molecule has 10 nitrogen and oxygen atoms in total. The minimum atomic E-state index is -4.02. The van der Waals surface area contributed by atoms with E-state index in [9.17, 15) is 16.8 Å². The molecule has 0 aliphatic rings. The van der Waals surface area contributed by atoms with Crippen LogP contribution in [0.5, 0.6) is 0 Å². The van der Waals surface area contributed by atoms with Crippen LogP contribution in [0.15, 0.2) is 75.7 Å². The molecule has 0 aliphatic heterocycles. The zero-order chi connectivity index (χ0) is 23.1. The number of aryl methyl sites for hydroxylation is 1. The van der Waals surface area contributed by atoms with E-state index in [0.29, 0.717) is 5.39 Å². The minimum Gasteiger partial charge on any atom is -0.370 e. The van der Waals surface area contributed by atoms with Crippen LogP contribution in [0.1, 0.15) is 5.56 Å². The Labute approximate surface area is 180 Å². The molecule has 1 heterocycles. The molecule has 0 unspecified atom stereocenters. The Balaban J connectivity index is 0.000000262. The van der Waals surface area contributed by atoms with Gasteiger partial charge in [-0.2, -0.15) is 8.42 Å². The molecule has 0 bridgehead atoms. The van der Waals surface area contributed by atoms with Crippen molar-refractivity contribution in [2.45, 2.75) is 16.7 Å². The first kappa shape index (κ1) is 24.2. The number of nitrogens with zero attached hydrogens (tertiary/aromatic N) is 2. The Morgan fingerprint density at radius 2 is 1.74 bits per heavy atom. The number of nitrogens with two attached hydrogens (primary N) is 2. The molecule has 0 radical (unpaired) electrons. The van der Waals surface area contributed by atoms with Crippen LogP contribution >= 0.6 is 0 Å². The summed E-state index contributed by atoms with van der Waals surface area (Å²) in [6.07, 6.45) is 3.18. The Kier molecular flexibility index (Phi) is 8.05. The summed E-state index contributed by atoms with van der Waals surface area (Å²) < 4.78 is 56.5. The van der Waals surface area contributed by atoms with Gasteiger partial charge in [0.2, 0.25) is 10.0 Å². The van der Waals surface area contributed by atoms with Gasteiger partial charge < -0.3 is 11.5 Å². The van der Waals surface area contributed by atoms with Gasteiger partial charge in [-0.05, 0) is 31.2 Å². The topological polar surface area (TPSA) is 178 Å². The monoisotopic (exact) mass is 465 g/mol. The first-order valence-corrected chi connectivity index (χ1v) is 11.8. The number of benzene rings is 2. The maximum atomic E-state index is 12.2. The lowest BCUT2D eigenvalue weighted by Crippen LogP contribution is -2.29. The van der Waals surface area contributed by atoms with E-state index in [2.05, 4.69) is 14.7 Å². The highest BCUT2D eigenvalue weighted by molar-refractivity contribution is 7.89. The van der Waals surface area contributed by atoms with Crippen molar-refractivity contribution in [2.24, 2.45) is 16.5 Å². The van der Waals surface area contributed by atoms with Gasteiger partial charge in [-0.15, -0.1) is 0 Å². The summed E-state index contributed by atoms with van der Waals surface area (Å²) >= 11 is 0. The van der Waals surface area contributed by atoms with Crippen LogP contribution in [-0.2, 0) is 20.1 Å². The third-order valence-corrected chi connectivity index (χ3v) is 6.33. The number of hydrogen-bond acceptors (Lipinski definition) is 6. The van der Waals surface area contributed by atoms with Crippen molar-refractivity contribution in [3.8, 4) is 0 Å². The van der Waals surface area contributed by atoms with Crippen LogP contribution in [-0.4, -0.2) is 45.4 Å². The van der Waals surface area contributed by atoms with Crippen molar-refractivity contribution >= 4 is 36.9 Å². The molecular formula is C19H23N5O5S2. The highest BCUT2D eigenvalue weighted by Crippen LogP contribution is 2.21. The molecule has 0 saturated carbocycles. The fourth-order valence-electron chi connectivity index (χ4n) is 2.48. The van der Waals surface area contributed by atoms with Gasteiger partial charge in [0, 0.05) is 29.7 Å². The van der Waals surface area contributed by atoms with Crippen LogP contribution in [0, 0.1) is 6.92 Å². The zero-order valence-corrected chi connectivity index (χ0v) is 18.3. The van der Waals surface area contributed by atoms with E-state index in [-0.39, 0.29) is 28.8 Å². The predicted octanol–water partition coefficient (Wildman–Crippen LogP) is 1.03. The van der Waals surface area contributed by atoms with E-state index in [4.69, 9.17) is 16.0 Å². The van der Waals surface area contributed by atoms with Gasteiger partial charge in [-0.1, -0.05) is 29.8 Å². The Morgan fingerprint density at radius 1 is 1.06 bits per heavy atom. The highest BCUT2D eigenvalue weighted by atomic mass is 32.2. The van der Waals surface area contributed by atoms with Crippen LogP contribution in [0.25, 0.3) is 10.8 Å². The van der Waals surface area contributed by atoms with Crippen LogP contribution in [0.3, 0.4) is 0 Å². The molecule has 0 amide bonds. The third kappa shape index (κ3) is 7.29. The fraction of sp³-hybridized carbons (Fsp3) is 0.158. The van der Waals surface area contributed by atoms with Crippen LogP contribution in [0.4, 0.5) is 0 Å². The van der Waals surface area contributed by atoms with Crippen LogP contribution < -0.4 is 16.2 Å². The lowest BCUT2D eigenvalue weighted by atomic mass is 10.2. The second-order valence-corrected chi connectivity index (χ2v) is 9.50. The number of nitrogens with one attached hydrogen (secondary N) is 1. The molecule has 2 aromatic carbocycles. The largest absolute Gasteiger partial charge is 0.370 e. The lowest BCUT2D eigenvalue weighted by molar-refractivity contribution is 0.483. The number of rotatable bonds is 6. The third-order valence-electron chi connectivity index (χ3n) is 3.95. The number of guanidine groups is 1. The first-order valence-electron chi connectivity index (χ1n) is 8.92. The molecule has 12 heteroatoms. The number of aromatic nitrogens is 1. The summed E-state index contributed by atoms with van der Waals surface area (Å²) in [6.45, 7) is 2.16. The number of pyridine rings is 1. The second kappa shape index (κ2) is 10.3. The van der Waals surface area contributed by atoms with Crippen molar-refractivity contribution in [3.63, 3.8) is 0 Å². The minimum absolute atomic E-state index is 0.0666. The average molecular weight is 466 g/mol. The van der Waals surface area contributed by atoms with E-state index in [1.165, 1.54) is 12.1 Å². The van der Waals surface area contributed by atoms with E-state index in [0.717, 1.165) is 10.9 Å². The fourth-order valence-corrected chi connectivity index (χ4v) is 4.21. The Hall–Kier alpha value is -3.06. The van der Waals surface area contributed by atoms with Gasteiger partial charge in [0.1, 0.15) is 0 Å². The van der Waals surface area contributed by atoms with Gasteiger partial charge in [-0.3, -0.25) is 14.5 Å². The second-order valence-electron chi connectivity index (χ2n) is 6.35. The molecule has 0 aliphatic carbocycles. The molecule has 1 aromatic heterocycles. The molecular weight excluding hydrogens is 442 g/mol. The maximum absolute atomic E-state index is 12.2. The molecule has 0 fully saturated rings. The smallest absolute Gasteiger partial charge is 0.294 e. The van der Waals surface area contributed by atoms with Gasteiger partial charge in [-0.25, -0.2) is 13.1 Å². The number of hydrogen-bond donors (Lipinski definition) is 4. The summed E-state index contributed by atoms with van der Waals surface area (Å²) in [5.74, 6) is -0.0690. The van der Waals surface area contributed by atoms with Crippen molar-refractivity contribution < 1.29 is 21.4 Å². The molecule has 3 rings (SSSR count). The molecule has 0 saturated heterocycles. The van der Waals surface area contributed by atoms with Gasteiger partial charge in [0.25, 0.3) is 10.1 Å². The van der Waals surface area contributed by atoms with Crippen molar-refractivity contribution in [2.75, 3.05) is 13.1 Å². The molecule has 0 spiro atoms. The molecule has 166 valence electrons. The van der Waals surface area contributed by atoms with Gasteiger partial charge in [0.15, 0.2) is 5.96 Å². The summed E-state index contributed by atoms with van der Waals surface area (Å²) in [5.41, 5.74) is 11.3. The summed E-state index contributed by atoms with van der Waals surface area (Å²) in [5, 5.41) is 1.39. The normalized spacial score (nSPS) is 11.4. The number of aliphatic imine (C=N–C) groups is 1. The maximum Gasteiger partial charge on any atom is 0.294 e. The summed E-state index contributed by atoms with van der Waals surface area (Å²) in [7, 11) is -7.63. The highest BCUT2D eigenvalue weighted by Gasteiger charge is 2.16. The summed E-state index contributed by atoms with van der Waals surface area (Å²) in [4.78, 5) is 7.83. The molecule has 31 heavy (non-hydrogen) atoms. The quantitative estimate of drug-likeness (QED) is 0.180. The zero-order valence-electron chi connectivity index (χ0n) is 16.6. The standard InChI is InChI=1S/C12H15N5O2S.C7H8O3S/c13-12(14)16-6-7-17-20(18,19)11-3-1-2-9-8-15-5-4-10(9)11;1-6-2-4-7(5-3-6)11(8,9)10/h1-5,8,17H,6-7H2,(H4,13,14,16);2-5H,1H3,(H,8,9,10). The van der Waals surface area contributed by atoms with E-state index < -0.39 is 20.1 Å². The lowest BCUT2D eigenvalue weighted by Gasteiger charge is -2.08. The van der Waals surface area contributed by atoms with Crippen LogP contribution in [0.2, 0.25) is 0 Å². The van der Waals surface area contributed by atoms with E-state index in [1.807, 2.05) is 6.92 Å². The first-order chi connectivity index (χ1) is 14.5. The van der Waals surface area contributed by atoms with Crippen molar-refractivity contribution in [1.82, 2.24) is 9.71 Å². The molecule has 0 atom stereocenters. The van der Waals surface area contributed by atoms with Crippen molar-refractivity contribution in [1.29, 1.82) is 0 Å². The van der Waals surface area contributed by atoms with E-state index in [1.54, 1.807) is 48.8 Å². The van der Waals surface area contributed by atoms with Crippen molar-refractivity contribution in [3.05, 3.63) is 66.5 Å². The van der Waals surface area contributed by atoms with E-state index >= 15 is 0 Å². The number of fused-ring (bicyclic) bond motifs is 1. The Morgan fingerprint density at radius 3 is 2.35 bits per heavy atom. The summed E-state index contributed by atoms with van der Waals surface area (Å²) in [6, 6.07) is 12.7.